The molecular formula is C23H25Cl2FN4O. The predicted molar refractivity (Wildman–Crippen MR) is 124 cm³/mol. The molecule has 2 aromatic carbocycles. The van der Waals surface area contributed by atoms with E-state index in [0.717, 1.165) is 42.9 Å². The first-order chi connectivity index (χ1) is 14.4. The minimum atomic E-state index is -0.521. The lowest BCUT2D eigenvalue weighted by Gasteiger charge is -2.25. The van der Waals surface area contributed by atoms with Crippen LogP contribution in [-0.4, -0.2) is 28.8 Å². The van der Waals surface area contributed by atoms with Gasteiger partial charge < -0.3 is 10.6 Å². The van der Waals surface area contributed by atoms with E-state index >= 15 is 0 Å². The molecule has 1 amide bonds. The Morgan fingerprint density at radius 2 is 1.94 bits per heavy atom. The van der Waals surface area contributed by atoms with Gasteiger partial charge in [-0.1, -0.05) is 29.3 Å². The summed E-state index contributed by atoms with van der Waals surface area (Å²) in [6.45, 7) is 5.91. The number of hydrogen-bond donors (Lipinski definition) is 2. The van der Waals surface area contributed by atoms with Crippen LogP contribution in [0.3, 0.4) is 0 Å². The Labute approximate surface area is 192 Å². The highest BCUT2D eigenvalue weighted by molar-refractivity contribution is 6.31. The van der Waals surface area contributed by atoms with Crippen LogP contribution in [0.1, 0.15) is 45.9 Å². The van der Waals surface area contributed by atoms with Crippen molar-refractivity contribution in [3.8, 4) is 5.69 Å². The standard InChI is InChI=1S/C23H24ClFN4O.ClH/c1-14-3-6-21(15(2)11-14)29-22(16-7-9-26-10-8-16)18(13-27-29)23(30)28-17-4-5-20(25)19(24)12-17;/h3-6,11-13,16,26H,7-10H2,1-2H3,(H,28,30);1H. The molecular weight excluding hydrogens is 438 g/mol. The molecule has 5 nitrogen and oxygen atoms in total. The van der Waals surface area contributed by atoms with Crippen LogP contribution in [0, 0.1) is 19.7 Å². The molecule has 31 heavy (non-hydrogen) atoms. The molecule has 0 saturated carbocycles. The van der Waals surface area contributed by atoms with Crippen molar-refractivity contribution in [1.29, 1.82) is 0 Å². The van der Waals surface area contributed by atoms with E-state index < -0.39 is 5.82 Å². The third-order valence-corrected chi connectivity index (χ3v) is 5.82. The number of nitrogens with one attached hydrogen (secondary N) is 2. The van der Waals surface area contributed by atoms with Crippen LogP contribution in [0.25, 0.3) is 5.69 Å². The Morgan fingerprint density at radius 3 is 2.61 bits per heavy atom. The van der Waals surface area contributed by atoms with Crippen molar-refractivity contribution >= 4 is 35.6 Å². The van der Waals surface area contributed by atoms with Gasteiger partial charge in [0.2, 0.25) is 0 Å². The lowest BCUT2D eigenvalue weighted by molar-refractivity contribution is 0.102. The number of halogens is 3. The van der Waals surface area contributed by atoms with Gasteiger partial charge in [0.25, 0.3) is 5.91 Å². The second kappa shape index (κ2) is 9.81. The zero-order chi connectivity index (χ0) is 21.3. The molecule has 1 aromatic heterocycles. The summed E-state index contributed by atoms with van der Waals surface area (Å²) in [5.74, 6) is -0.582. The Balaban J connectivity index is 0.00000272. The predicted octanol–water partition coefficient (Wildman–Crippen LogP) is 5.42. The number of carbonyl (C=O) groups excluding carboxylic acids is 1. The molecule has 0 spiro atoms. The second-order valence-corrected chi connectivity index (χ2v) is 8.16. The van der Waals surface area contributed by atoms with Crippen molar-refractivity contribution in [3.63, 3.8) is 0 Å². The van der Waals surface area contributed by atoms with Gasteiger partial charge in [0.15, 0.2) is 0 Å². The largest absolute Gasteiger partial charge is 0.322 e. The molecule has 4 rings (SSSR count). The average Bonchev–Trinajstić information content (AvgIpc) is 3.16. The molecule has 0 bridgehead atoms. The molecule has 1 saturated heterocycles. The molecule has 2 N–H and O–H groups in total. The topological polar surface area (TPSA) is 59.0 Å². The summed E-state index contributed by atoms with van der Waals surface area (Å²) in [7, 11) is 0. The summed E-state index contributed by atoms with van der Waals surface area (Å²) in [5, 5.41) is 10.8. The van der Waals surface area contributed by atoms with Gasteiger partial charge in [-0.05, 0) is 69.6 Å². The number of amides is 1. The molecule has 1 fully saturated rings. The first-order valence-electron chi connectivity index (χ1n) is 10.1. The van der Waals surface area contributed by atoms with Gasteiger partial charge in [-0.3, -0.25) is 4.79 Å². The number of nitrogens with zero attached hydrogens (tertiary/aromatic N) is 2. The van der Waals surface area contributed by atoms with Crippen LogP contribution in [0.15, 0.2) is 42.6 Å². The highest BCUT2D eigenvalue weighted by Crippen LogP contribution is 2.32. The van der Waals surface area contributed by atoms with Gasteiger partial charge in [-0.15, -0.1) is 12.4 Å². The fraction of sp³-hybridized carbons (Fsp3) is 0.304. The lowest BCUT2D eigenvalue weighted by atomic mass is 9.91. The van der Waals surface area contributed by atoms with Crippen molar-refractivity contribution < 1.29 is 9.18 Å². The number of aryl methyl sites for hydroxylation is 2. The minimum Gasteiger partial charge on any atom is -0.322 e. The fourth-order valence-corrected chi connectivity index (χ4v) is 4.21. The molecule has 1 aliphatic rings. The number of benzene rings is 2. The molecule has 0 unspecified atom stereocenters. The number of hydrogen-bond acceptors (Lipinski definition) is 3. The Bertz CT molecular complexity index is 1090. The van der Waals surface area contributed by atoms with Crippen LogP contribution in [0.4, 0.5) is 10.1 Å². The van der Waals surface area contributed by atoms with Gasteiger partial charge in [0.05, 0.1) is 28.2 Å². The van der Waals surface area contributed by atoms with Gasteiger partial charge in [0, 0.05) is 11.6 Å². The summed E-state index contributed by atoms with van der Waals surface area (Å²) < 4.78 is 15.4. The zero-order valence-corrected chi connectivity index (χ0v) is 19.0. The molecule has 3 aromatic rings. The number of piperidine rings is 1. The Kier molecular flexibility index (Phi) is 7.36. The van der Waals surface area contributed by atoms with Crippen LogP contribution in [0.2, 0.25) is 5.02 Å². The lowest BCUT2D eigenvalue weighted by Crippen LogP contribution is -2.29. The maximum Gasteiger partial charge on any atom is 0.259 e. The van der Waals surface area contributed by atoms with Crippen molar-refractivity contribution in [2.45, 2.75) is 32.6 Å². The highest BCUT2D eigenvalue weighted by Gasteiger charge is 2.27. The van der Waals surface area contributed by atoms with Crippen LogP contribution >= 0.6 is 24.0 Å². The van der Waals surface area contributed by atoms with Crippen molar-refractivity contribution in [2.75, 3.05) is 18.4 Å². The highest BCUT2D eigenvalue weighted by atomic mass is 35.5. The summed E-state index contributed by atoms with van der Waals surface area (Å²) in [6.07, 6.45) is 3.48. The number of aromatic nitrogens is 2. The monoisotopic (exact) mass is 462 g/mol. The van der Waals surface area contributed by atoms with Crippen molar-refractivity contribution in [3.05, 3.63) is 75.8 Å². The van der Waals surface area contributed by atoms with Gasteiger partial charge in [-0.25, -0.2) is 9.07 Å². The molecule has 0 aliphatic carbocycles. The molecule has 2 heterocycles. The van der Waals surface area contributed by atoms with Crippen LogP contribution in [0.5, 0.6) is 0 Å². The van der Waals surface area contributed by atoms with E-state index in [4.69, 9.17) is 11.6 Å². The third kappa shape index (κ3) is 4.92. The summed E-state index contributed by atoms with van der Waals surface area (Å²) in [4.78, 5) is 13.1. The summed E-state index contributed by atoms with van der Waals surface area (Å²) in [6, 6.07) is 10.4. The number of anilines is 1. The minimum absolute atomic E-state index is 0. The van der Waals surface area contributed by atoms with Crippen molar-refractivity contribution in [1.82, 2.24) is 15.1 Å². The van der Waals surface area contributed by atoms with Gasteiger partial charge in [-0.2, -0.15) is 5.10 Å². The first-order valence-corrected chi connectivity index (χ1v) is 10.4. The molecule has 0 atom stereocenters. The van der Waals surface area contributed by atoms with Crippen LogP contribution < -0.4 is 10.6 Å². The average molecular weight is 463 g/mol. The fourth-order valence-electron chi connectivity index (χ4n) is 4.03. The maximum atomic E-state index is 13.5. The molecule has 0 radical (unpaired) electrons. The van der Waals surface area contributed by atoms with Gasteiger partial charge in [0.1, 0.15) is 5.82 Å². The Hall–Kier alpha value is -2.41. The van der Waals surface area contributed by atoms with E-state index in [2.05, 4.69) is 41.7 Å². The van der Waals surface area contributed by atoms with E-state index in [0.29, 0.717) is 11.3 Å². The first kappa shape index (κ1) is 23.3. The SMILES string of the molecule is Cc1ccc(-n2ncc(C(=O)Nc3ccc(F)c(Cl)c3)c2C2CCNCC2)c(C)c1.Cl. The van der Waals surface area contributed by atoms with E-state index in [-0.39, 0.29) is 29.3 Å². The van der Waals surface area contributed by atoms with Gasteiger partial charge >= 0.3 is 0 Å². The summed E-state index contributed by atoms with van der Waals surface area (Å²) in [5.41, 5.74) is 5.14. The van der Waals surface area contributed by atoms with E-state index in [1.165, 1.54) is 23.8 Å². The molecule has 8 heteroatoms. The number of rotatable bonds is 4. The van der Waals surface area contributed by atoms with E-state index in [1.807, 2.05) is 10.7 Å². The van der Waals surface area contributed by atoms with E-state index in [1.54, 1.807) is 6.20 Å². The van der Waals surface area contributed by atoms with Crippen LogP contribution in [-0.2, 0) is 0 Å². The molecule has 1 aliphatic heterocycles. The number of carbonyl (C=O) groups is 1. The molecule has 164 valence electrons. The normalized spacial score (nSPS) is 14.2. The smallest absolute Gasteiger partial charge is 0.259 e. The second-order valence-electron chi connectivity index (χ2n) is 7.75. The third-order valence-electron chi connectivity index (χ3n) is 5.53. The zero-order valence-electron chi connectivity index (χ0n) is 17.4. The summed E-state index contributed by atoms with van der Waals surface area (Å²) >= 11 is 5.86. The van der Waals surface area contributed by atoms with Crippen molar-refractivity contribution in [2.24, 2.45) is 0 Å². The Morgan fingerprint density at radius 1 is 1.19 bits per heavy atom. The maximum absolute atomic E-state index is 13.5. The quantitative estimate of drug-likeness (QED) is 0.543. The van der Waals surface area contributed by atoms with E-state index in [9.17, 15) is 9.18 Å².